The Balaban J connectivity index is 0.672. The molecule has 0 radical (unpaired) electrons. The van der Waals surface area contributed by atoms with Crippen LogP contribution >= 0.6 is 46.9 Å². The molecule has 6 unspecified atom stereocenters. The molecule has 132 heavy (non-hydrogen) atoms. The SMILES string of the molecule is Nc1ncnc2c1ncn2[C@@H]1O[C@@H]2COP(=O)([O-])O[C@H]3[C@@H](O)[C@H](n4cnc5c(N)ncnc54)O[C@@H]3COP(=O)([O-])O[C@H]3[C@@H](O)[C@H](n4cnc5c(N)ncnc54)O[C@@H]3COP(=O)([O-])O[C@H]3[C@@H](O)[C@H](n4cnc5c(N)ncnc54)O[C@@H]3COP(=O)([O-])O[C@H]3[C@@H](O)[C@H](n4cnc5c(N)ncnc54)O[C@@H]3COP(=O)([O-])O[C@H]3[C@@H](O)[C@H](n4cnc5c(N)ncnc54)O[C@@H]3COP(=O)([O-])O[C@H]2[C@H]1O. The molecule has 19 heterocycles. The smallest absolute Gasteiger partial charge is 0.268 e. The summed E-state index contributed by atoms with van der Waals surface area (Å²) in [7, 11) is -37.5. The van der Waals surface area contributed by atoms with Crippen molar-refractivity contribution in [1.82, 2.24) is 117 Å². The first-order valence-electron chi connectivity index (χ1n) is 38.2. The van der Waals surface area contributed by atoms with Crippen molar-refractivity contribution >= 4 is 149 Å². The zero-order valence-electron chi connectivity index (χ0n) is 65.8. The number of aliphatic hydroxyl groups excluding tert-OH is 6. The van der Waals surface area contributed by atoms with Gasteiger partial charge in [0.25, 0.3) is 46.9 Å². The van der Waals surface area contributed by atoms with Gasteiger partial charge < -0.3 is 177 Å². The first-order chi connectivity index (χ1) is 62.8. The van der Waals surface area contributed by atoms with Crippen molar-refractivity contribution in [3.63, 3.8) is 0 Å². The Morgan fingerprint density at radius 3 is 0.515 bits per heavy atom. The highest BCUT2D eigenvalue weighted by atomic mass is 31.2. The van der Waals surface area contributed by atoms with Gasteiger partial charge in [0, 0.05) is 0 Å². The van der Waals surface area contributed by atoms with Gasteiger partial charge in [0.15, 0.2) is 106 Å². The van der Waals surface area contributed by atoms with Gasteiger partial charge in [-0.3, -0.25) is 54.8 Å². The number of aromatic nitrogens is 24. The number of imidazole rings is 6. The van der Waals surface area contributed by atoms with Crippen molar-refractivity contribution < 1.29 is 170 Å². The van der Waals surface area contributed by atoms with E-state index in [1.54, 1.807) is 0 Å². The third-order valence-electron chi connectivity index (χ3n) is 21.7. The van der Waals surface area contributed by atoms with E-state index < -0.39 is 234 Å². The molecule has 12 aromatic rings. The first-order valence-corrected chi connectivity index (χ1v) is 47.0. The van der Waals surface area contributed by atoms with Gasteiger partial charge in [-0.25, -0.2) is 89.7 Å². The molecule has 30 atom stereocenters. The summed E-state index contributed by atoms with van der Waals surface area (Å²) in [5.41, 5.74) is 34.4. The molecule has 0 aliphatic carbocycles. The maximum Gasteiger partial charge on any atom is 0.268 e. The minimum absolute atomic E-state index is 0.123. The molecular formula is C60H66N30O36P6-6. The number of aliphatic hydroxyl groups is 6. The van der Waals surface area contributed by atoms with E-state index in [-0.39, 0.29) is 102 Å². The molecular weight excluding hydrogens is 1900 g/mol. The van der Waals surface area contributed by atoms with Gasteiger partial charge in [-0.2, -0.15) is 0 Å². The third-order valence-corrected chi connectivity index (χ3v) is 27.5. The molecule has 18 N–H and O–H groups in total. The van der Waals surface area contributed by atoms with Gasteiger partial charge in [-0.1, -0.05) is 0 Å². The normalized spacial score (nSPS) is 38.3. The number of fused-ring (bicyclic) bond motifs is 12. The van der Waals surface area contributed by atoms with E-state index in [0.29, 0.717) is 0 Å². The number of hydrogen-bond acceptors (Lipinski definition) is 60. The quantitative estimate of drug-likeness (QED) is 0.0688. The number of nitrogen functional groups attached to an aromatic ring is 6. The van der Waals surface area contributed by atoms with Crippen LogP contribution in [0, 0.1) is 0 Å². The lowest BCUT2D eigenvalue weighted by atomic mass is 10.1. The second kappa shape index (κ2) is 34.9. The lowest BCUT2D eigenvalue weighted by Crippen LogP contribution is -2.41. The molecule has 66 nitrogen and oxygen atoms in total. The van der Waals surface area contributed by atoms with E-state index in [1.807, 2.05) is 0 Å². The highest BCUT2D eigenvalue weighted by Gasteiger charge is 2.57. The summed E-state index contributed by atoms with van der Waals surface area (Å²) < 4.78 is 194. The Morgan fingerprint density at radius 2 is 0.379 bits per heavy atom. The minimum Gasteiger partial charge on any atom is -0.756 e. The summed E-state index contributed by atoms with van der Waals surface area (Å²) in [5, 5.41) is 73.2. The van der Waals surface area contributed by atoms with E-state index in [9.17, 15) is 87.4 Å². The van der Waals surface area contributed by atoms with Crippen LogP contribution in [0.1, 0.15) is 37.4 Å². The Morgan fingerprint density at radius 1 is 0.242 bits per heavy atom. The topological polar surface area (TPSA) is 946 Å². The van der Waals surface area contributed by atoms with E-state index in [4.69, 9.17) is 117 Å². The van der Waals surface area contributed by atoms with Crippen LogP contribution < -0.4 is 63.8 Å². The number of hydrogen-bond donors (Lipinski definition) is 12. The number of anilines is 6. The van der Waals surface area contributed by atoms with Crippen LogP contribution in [0.5, 0.6) is 0 Å². The Labute approximate surface area is 730 Å². The highest BCUT2D eigenvalue weighted by molar-refractivity contribution is 7.47. The predicted molar refractivity (Wildman–Crippen MR) is 409 cm³/mol. The van der Waals surface area contributed by atoms with Crippen molar-refractivity contribution in [2.45, 2.75) is 147 Å². The summed E-state index contributed by atoms with van der Waals surface area (Å²) in [6.07, 6.45) is -41.8. The predicted octanol–water partition coefficient (Wildman–Crippen LogP) is -8.70. The number of phosphoric ester groups is 6. The summed E-state index contributed by atoms with van der Waals surface area (Å²) in [6.45, 7) is -8.88. The summed E-state index contributed by atoms with van der Waals surface area (Å²) in [4.78, 5) is 160. The lowest BCUT2D eigenvalue weighted by Gasteiger charge is -2.34. The fourth-order valence-electron chi connectivity index (χ4n) is 15.7. The Hall–Kier alpha value is -9.72. The summed E-state index contributed by atoms with van der Waals surface area (Å²) in [5.74, 6) is -1.39. The van der Waals surface area contributed by atoms with Crippen molar-refractivity contribution in [3.8, 4) is 0 Å². The number of nitrogens with two attached hydrogens (primary N) is 6. The number of rotatable bonds is 6. The molecule has 7 aliphatic heterocycles. The fraction of sp³-hybridized carbons (Fsp3) is 0.500. The average molecular weight is 1970 g/mol. The standard InChI is InChI=1S/C60H72N30O36P6/c61-43-25-49(73-7-67-43)85(13-79-25)55-31(91)37-19(115-55)1-109-127(97,98)122-38-20(116-56(32(38)92)86-14-80-26-44(62)68-8-74-50(26)86)2-111-129(101,102)124-40-22(118-58(34(40)94)88-16-82-28-46(64)70-10-76-52(28)88)4-113-131(105,106)126-42-24(120-60(36(42)96)90-18-84-30-48(66)72-12-78-54(30)90)6-114-132(107,108)125-41-23(119-59(35(41)95)89-17-83-29-47(65)71-11-77-53(29)89)5-112-130(103,104)123-39-21(3-110-128(99,100)121-37)117-57(33(39)93)87-15-81-27-45(63)69-9-75-51(27)87/h7-24,31-42,55-60,91-96H,1-6H2,(H,97,98)(H,99,100)(H,101,102)(H,103,104)(H,105,106)(H,107,108)(H2,61,67,73)(H2,62,68,74)(H2,63,69,75)(H2,64,70,76)(H2,65,71,77)(H2,66,72,78)/p-6/t19-,20-,21-,22-,23-,24-,31-,32-,33-,34-,35-,36-,37-,38-,39-,40-,41-,42-,55-,56-,57-,58-,59-,60-/m1/s1. The monoisotopic (exact) mass is 1970 g/mol. The molecule has 7 aliphatic rings. The number of phosphoric acid groups is 6. The van der Waals surface area contributed by atoms with E-state index >= 15 is 0 Å². The van der Waals surface area contributed by atoms with Crippen LogP contribution in [0.15, 0.2) is 75.9 Å². The van der Waals surface area contributed by atoms with Crippen molar-refractivity contribution in [1.29, 1.82) is 0 Å². The molecule has 0 aromatic carbocycles. The van der Waals surface area contributed by atoms with E-state index in [1.165, 1.54) is 0 Å². The fourth-order valence-corrected chi connectivity index (χ4v) is 21.4. The minimum atomic E-state index is -6.25. The lowest BCUT2D eigenvalue weighted by molar-refractivity contribution is -0.242. The zero-order valence-corrected chi connectivity index (χ0v) is 71.2. The Bertz CT molecular complexity index is 5700. The van der Waals surface area contributed by atoms with Crippen LogP contribution in [-0.2, 0) is 110 Å². The first kappa shape index (κ1) is 91.4. The molecule has 12 aromatic heterocycles. The van der Waals surface area contributed by atoms with Gasteiger partial charge >= 0.3 is 0 Å². The third kappa shape index (κ3) is 17.3. The zero-order chi connectivity index (χ0) is 92.9. The molecule has 0 saturated carbocycles. The van der Waals surface area contributed by atoms with Crippen LogP contribution in [0.4, 0.5) is 34.9 Å². The van der Waals surface area contributed by atoms with E-state index in [0.717, 1.165) is 103 Å². The highest BCUT2D eigenvalue weighted by Crippen LogP contribution is 2.56. The van der Waals surface area contributed by atoms with Crippen molar-refractivity contribution in [2.75, 3.05) is 74.0 Å². The molecule has 72 heteroatoms. The molecule has 7 saturated heterocycles. The molecule has 0 bridgehead atoms. The van der Waals surface area contributed by atoms with Crippen molar-refractivity contribution in [3.05, 3.63) is 75.9 Å². The van der Waals surface area contributed by atoms with Gasteiger partial charge in [0.1, 0.15) is 181 Å². The maximum absolute atomic E-state index is 14.6. The Kier molecular flexibility index (Phi) is 24.2. The largest absolute Gasteiger partial charge is 0.756 e. The van der Waals surface area contributed by atoms with Crippen LogP contribution in [0.25, 0.3) is 67.0 Å². The summed E-state index contributed by atoms with van der Waals surface area (Å²) in [6, 6.07) is 0. The van der Waals surface area contributed by atoms with Crippen LogP contribution in [0.3, 0.4) is 0 Å². The van der Waals surface area contributed by atoms with E-state index in [2.05, 4.69) is 89.7 Å². The molecule has 0 spiro atoms. The summed E-state index contributed by atoms with van der Waals surface area (Å²) >= 11 is 0. The van der Waals surface area contributed by atoms with Crippen LogP contribution in [-0.4, -0.2) is 297 Å². The van der Waals surface area contributed by atoms with Gasteiger partial charge in [-0.15, -0.1) is 0 Å². The van der Waals surface area contributed by atoms with Gasteiger partial charge in [-0.05, 0) is 0 Å². The number of ether oxygens (including phenoxy) is 6. The maximum atomic E-state index is 14.6. The second-order valence-corrected chi connectivity index (χ2v) is 37.9. The molecule has 19 rings (SSSR count). The second-order valence-electron chi connectivity index (χ2n) is 29.7. The van der Waals surface area contributed by atoms with Gasteiger partial charge in [0.05, 0.1) is 77.6 Å². The molecule has 708 valence electrons. The van der Waals surface area contributed by atoms with Gasteiger partial charge in [0.2, 0.25) is 0 Å². The van der Waals surface area contributed by atoms with Crippen molar-refractivity contribution in [2.24, 2.45) is 0 Å². The molecule has 0 amide bonds. The molecule has 7 fully saturated rings. The van der Waals surface area contributed by atoms with Crippen LogP contribution in [0.2, 0.25) is 0 Å². The number of nitrogens with zero attached hydrogens (tertiary/aromatic N) is 24. The average Bonchev–Trinajstić information content (AvgIpc) is 1.62.